The first kappa shape index (κ1) is 23.9. The molecule has 3 unspecified atom stereocenters. The quantitative estimate of drug-likeness (QED) is 0.498. The van der Waals surface area contributed by atoms with Gasteiger partial charge < -0.3 is 24.6 Å². The highest BCUT2D eigenvalue weighted by Gasteiger charge is 2.47. The molecule has 2 N–H and O–H groups in total. The van der Waals surface area contributed by atoms with Gasteiger partial charge in [0.15, 0.2) is 17.3 Å². The molecule has 0 bridgehead atoms. The fourth-order valence-electron chi connectivity index (χ4n) is 5.38. The molecular weight excluding hydrogens is 438 g/mol. The summed E-state index contributed by atoms with van der Waals surface area (Å²) < 4.78 is 16.1. The molecule has 182 valence electrons. The summed E-state index contributed by atoms with van der Waals surface area (Å²) in [6.45, 7) is 3.63. The molecule has 3 atom stereocenters. The van der Waals surface area contributed by atoms with Crippen LogP contribution >= 0.6 is 0 Å². The molecular formula is C26H31NO7. The van der Waals surface area contributed by atoms with Crippen LogP contribution in [0.15, 0.2) is 40.7 Å². The van der Waals surface area contributed by atoms with Gasteiger partial charge in [-0.25, -0.2) is 4.79 Å². The summed E-state index contributed by atoms with van der Waals surface area (Å²) in [5, 5.41) is 13.4. The van der Waals surface area contributed by atoms with Crippen molar-refractivity contribution in [3.63, 3.8) is 0 Å². The Morgan fingerprint density at radius 3 is 2.50 bits per heavy atom. The highest BCUT2D eigenvalue weighted by Crippen LogP contribution is 2.47. The van der Waals surface area contributed by atoms with Gasteiger partial charge in [-0.3, -0.25) is 9.59 Å². The number of nitrogens with one attached hydrogen (secondary N) is 1. The number of ketones is 1. The molecule has 0 radical (unpaired) electrons. The molecule has 0 amide bonds. The predicted molar refractivity (Wildman–Crippen MR) is 123 cm³/mol. The van der Waals surface area contributed by atoms with Crippen LogP contribution < -0.4 is 10.1 Å². The molecule has 1 aromatic carbocycles. The average molecular weight is 470 g/mol. The van der Waals surface area contributed by atoms with Crippen molar-refractivity contribution in [3.8, 4) is 11.5 Å². The Kier molecular flexibility index (Phi) is 6.68. The van der Waals surface area contributed by atoms with E-state index in [-0.39, 0.29) is 29.3 Å². The lowest BCUT2D eigenvalue weighted by Crippen LogP contribution is -2.43. The lowest BCUT2D eigenvalue weighted by molar-refractivity contribution is -0.151. The van der Waals surface area contributed by atoms with Crippen LogP contribution in [0.5, 0.6) is 11.5 Å². The van der Waals surface area contributed by atoms with Gasteiger partial charge in [0, 0.05) is 22.9 Å². The second-order valence-electron chi connectivity index (χ2n) is 9.28. The Bertz CT molecular complexity index is 1080. The molecule has 4 rings (SSSR count). The first-order valence-electron chi connectivity index (χ1n) is 11.7. The van der Waals surface area contributed by atoms with Crippen LogP contribution in [0.1, 0.15) is 57.4 Å². The Hall–Kier alpha value is -3.29. The van der Waals surface area contributed by atoms with Gasteiger partial charge in [-0.1, -0.05) is 13.0 Å². The fraction of sp³-hybridized carbons (Fsp3) is 0.500. The normalized spacial score (nSPS) is 25.1. The number of dihydropyridines is 1. The van der Waals surface area contributed by atoms with Crippen LogP contribution in [0.3, 0.4) is 0 Å². The number of carbonyl (C=O) groups is 3. The van der Waals surface area contributed by atoms with E-state index in [0.29, 0.717) is 34.5 Å². The zero-order chi connectivity index (χ0) is 24.6. The number of hydrogen-bond donors (Lipinski definition) is 2. The summed E-state index contributed by atoms with van der Waals surface area (Å²) >= 11 is 0. The number of benzene rings is 1. The number of phenolic OH excluding ortho intramolecular Hbond substituents is 1. The minimum absolute atomic E-state index is 0.0544. The van der Waals surface area contributed by atoms with Crippen molar-refractivity contribution in [1.29, 1.82) is 0 Å². The zero-order valence-corrected chi connectivity index (χ0v) is 20.0. The summed E-state index contributed by atoms with van der Waals surface area (Å²) in [5.41, 5.74) is 2.56. The van der Waals surface area contributed by atoms with Crippen molar-refractivity contribution in [1.82, 2.24) is 5.32 Å². The van der Waals surface area contributed by atoms with Gasteiger partial charge in [0.05, 0.1) is 19.8 Å². The maximum atomic E-state index is 13.7. The van der Waals surface area contributed by atoms with Crippen LogP contribution in [-0.4, -0.2) is 43.2 Å². The zero-order valence-electron chi connectivity index (χ0n) is 20.0. The number of methoxy groups -OCH3 is 2. The molecule has 2 aliphatic carbocycles. The molecule has 1 aliphatic heterocycles. The fourth-order valence-corrected chi connectivity index (χ4v) is 5.38. The topological polar surface area (TPSA) is 111 Å². The number of aromatic hydroxyl groups is 1. The van der Waals surface area contributed by atoms with E-state index in [4.69, 9.17) is 14.2 Å². The number of phenols is 1. The number of Topliss-reactive ketones (excluding diaryl/α,β-unsaturated/α-hetero) is 1. The van der Waals surface area contributed by atoms with Gasteiger partial charge >= 0.3 is 11.9 Å². The Morgan fingerprint density at radius 2 is 1.85 bits per heavy atom. The maximum Gasteiger partial charge on any atom is 0.337 e. The summed E-state index contributed by atoms with van der Waals surface area (Å²) in [5.74, 6) is -3.27. The van der Waals surface area contributed by atoms with Gasteiger partial charge in [-0.2, -0.15) is 0 Å². The highest BCUT2D eigenvalue weighted by molar-refractivity contribution is 6.12. The largest absolute Gasteiger partial charge is 0.504 e. The van der Waals surface area contributed by atoms with Gasteiger partial charge in [0.25, 0.3) is 0 Å². The molecule has 1 aromatic rings. The number of ether oxygens (including phenoxy) is 3. The van der Waals surface area contributed by atoms with Crippen molar-refractivity contribution in [2.24, 2.45) is 11.8 Å². The number of allylic oxidation sites excluding steroid dienone is 3. The van der Waals surface area contributed by atoms with E-state index < -0.39 is 23.8 Å². The van der Waals surface area contributed by atoms with Crippen molar-refractivity contribution < 1.29 is 33.7 Å². The second kappa shape index (κ2) is 9.52. The predicted octanol–water partition coefficient (Wildman–Crippen LogP) is 3.50. The average Bonchev–Trinajstić information content (AvgIpc) is 3.31. The van der Waals surface area contributed by atoms with Crippen LogP contribution in [0, 0.1) is 11.8 Å². The number of esters is 2. The van der Waals surface area contributed by atoms with Crippen LogP contribution in [-0.2, 0) is 23.9 Å². The van der Waals surface area contributed by atoms with E-state index in [2.05, 4.69) is 5.32 Å². The van der Waals surface area contributed by atoms with Crippen molar-refractivity contribution in [2.45, 2.75) is 58.0 Å². The first-order chi connectivity index (χ1) is 16.3. The Morgan fingerprint density at radius 1 is 1.15 bits per heavy atom. The molecule has 34 heavy (non-hydrogen) atoms. The van der Waals surface area contributed by atoms with Crippen LogP contribution in [0.4, 0.5) is 0 Å². The van der Waals surface area contributed by atoms with Gasteiger partial charge in [-0.15, -0.1) is 0 Å². The monoisotopic (exact) mass is 469 g/mol. The van der Waals surface area contributed by atoms with Gasteiger partial charge in [-0.05, 0) is 62.6 Å². The van der Waals surface area contributed by atoms with Gasteiger partial charge in [0.1, 0.15) is 12.0 Å². The summed E-state index contributed by atoms with van der Waals surface area (Å²) in [6.07, 6.45) is 3.96. The number of hydrogen-bond acceptors (Lipinski definition) is 8. The molecule has 3 aliphatic rings. The van der Waals surface area contributed by atoms with E-state index in [9.17, 15) is 19.5 Å². The minimum atomic E-state index is -0.961. The number of rotatable bonds is 5. The van der Waals surface area contributed by atoms with E-state index in [1.54, 1.807) is 19.1 Å². The third-order valence-electron chi connectivity index (χ3n) is 7.08. The Balaban J connectivity index is 1.84. The van der Waals surface area contributed by atoms with Crippen LogP contribution in [0.2, 0.25) is 0 Å². The molecule has 0 spiro atoms. The van der Waals surface area contributed by atoms with Crippen molar-refractivity contribution in [2.75, 3.05) is 14.2 Å². The maximum absolute atomic E-state index is 13.7. The van der Waals surface area contributed by atoms with E-state index >= 15 is 0 Å². The van der Waals surface area contributed by atoms with E-state index in [1.165, 1.54) is 20.3 Å². The van der Waals surface area contributed by atoms with Gasteiger partial charge in [0.2, 0.25) is 0 Å². The molecule has 0 aromatic heterocycles. The minimum Gasteiger partial charge on any atom is -0.504 e. The smallest absolute Gasteiger partial charge is 0.337 e. The standard InChI is InChI=1S/C26H31NO7/c1-13-11-17-23(24(29)20(13)25(30)33-4)22(15-9-10-18(28)19(12-15)32-3)21(14(2)27-17)26(31)34-16-7-5-6-8-16/h9-10,12-13,16,20,22,27-28H,5-8,11H2,1-4H3. The summed E-state index contributed by atoms with van der Waals surface area (Å²) in [6, 6.07) is 4.75. The lowest BCUT2D eigenvalue weighted by atomic mass is 9.69. The molecule has 0 saturated heterocycles. The first-order valence-corrected chi connectivity index (χ1v) is 11.7. The molecule has 1 heterocycles. The van der Waals surface area contributed by atoms with E-state index in [1.807, 2.05) is 6.92 Å². The third kappa shape index (κ3) is 4.17. The van der Waals surface area contributed by atoms with Crippen LogP contribution in [0.25, 0.3) is 0 Å². The third-order valence-corrected chi connectivity index (χ3v) is 7.08. The number of carbonyl (C=O) groups excluding carboxylic acids is 3. The second-order valence-corrected chi connectivity index (χ2v) is 9.28. The van der Waals surface area contributed by atoms with Crippen molar-refractivity contribution >= 4 is 17.7 Å². The molecule has 1 fully saturated rings. The van der Waals surface area contributed by atoms with E-state index in [0.717, 1.165) is 25.7 Å². The SMILES string of the molecule is COC(=O)C1C(=O)C2=C(CC1C)NC(C)=C(C(=O)OC1CCCC1)C2c1ccc(O)c(OC)c1. The molecule has 1 saturated carbocycles. The highest BCUT2D eigenvalue weighted by atomic mass is 16.5. The lowest BCUT2D eigenvalue weighted by Gasteiger charge is -2.38. The molecule has 8 nitrogen and oxygen atoms in total. The molecule has 8 heteroatoms. The van der Waals surface area contributed by atoms with Crippen molar-refractivity contribution in [3.05, 3.63) is 46.3 Å². The summed E-state index contributed by atoms with van der Waals surface area (Å²) in [7, 11) is 2.70. The summed E-state index contributed by atoms with van der Waals surface area (Å²) in [4.78, 5) is 39.7. The Labute approximate surface area is 199 Å².